The van der Waals surface area contributed by atoms with Crippen LogP contribution in [-0.4, -0.2) is 65.2 Å². The van der Waals surface area contributed by atoms with Crippen molar-refractivity contribution in [2.75, 3.05) is 38.3 Å². The summed E-state index contributed by atoms with van der Waals surface area (Å²) in [5.41, 5.74) is 8.66. The summed E-state index contributed by atoms with van der Waals surface area (Å²) in [6.07, 6.45) is 1.68. The van der Waals surface area contributed by atoms with Gasteiger partial charge in [0.15, 0.2) is 5.69 Å². The number of carbonyl (C=O) groups excluding carboxylic acids is 1. The predicted molar refractivity (Wildman–Crippen MR) is 92.3 cm³/mol. The summed E-state index contributed by atoms with van der Waals surface area (Å²) in [5, 5.41) is 8.17. The lowest BCUT2D eigenvalue weighted by Gasteiger charge is -2.20. The highest BCUT2D eigenvalue weighted by molar-refractivity contribution is 5.92. The van der Waals surface area contributed by atoms with Gasteiger partial charge in [0.1, 0.15) is 0 Å². The third-order valence-corrected chi connectivity index (χ3v) is 4.92. The molecule has 4 rings (SSSR count). The Hall–Kier alpha value is -2.45. The summed E-state index contributed by atoms with van der Waals surface area (Å²) in [6, 6.07) is 7.97. The van der Waals surface area contributed by atoms with Crippen LogP contribution in [0.5, 0.6) is 0 Å². The van der Waals surface area contributed by atoms with Gasteiger partial charge in [-0.1, -0.05) is 23.4 Å². The first-order chi connectivity index (χ1) is 12.1. The Morgan fingerprint density at radius 3 is 2.92 bits per heavy atom. The van der Waals surface area contributed by atoms with E-state index in [2.05, 4.69) is 27.3 Å². The molecule has 1 fully saturated rings. The molecule has 0 aliphatic carbocycles. The van der Waals surface area contributed by atoms with E-state index in [4.69, 9.17) is 10.5 Å². The maximum Gasteiger partial charge on any atom is 0.276 e. The van der Waals surface area contributed by atoms with Crippen LogP contribution < -0.4 is 10.6 Å². The number of hydrogen-bond donors (Lipinski definition) is 1. The molecule has 132 valence electrons. The number of aromatic nitrogens is 3. The van der Waals surface area contributed by atoms with Crippen molar-refractivity contribution >= 4 is 11.6 Å². The van der Waals surface area contributed by atoms with E-state index in [1.54, 1.807) is 10.9 Å². The van der Waals surface area contributed by atoms with Crippen molar-refractivity contribution in [2.24, 2.45) is 5.73 Å². The molecule has 2 atom stereocenters. The van der Waals surface area contributed by atoms with Gasteiger partial charge in [-0.15, -0.1) is 5.10 Å². The minimum absolute atomic E-state index is 0.0648. The van der Waals surface area contributed by atoms with Gasteiger partial charge in [0.05, 0.1) is 31.5 Å². The van der Waals surface area contributed by atoms with Gasteiger partial charge in [-0.05, 0) is 11.6 Å². The second-order valence-corrected chi connectivity index (χ2v) is 6.63. The highest BCUT2D eigenvalue weighted by Gasteiger charge is 2.29. The number of anilines is 1. The third-order valence-electron chi connectivity index (χ3n) is 4.92. The normalized spacial score (nSPS) is 23.4. The van der Waals surface area contributed by atoms with Crippen molar-refractivity contribution in [3.63, 3.8) is 0 Å². The van der Waals surface area contributed by atoms with Crippen molar-refractivity contribution in [2.45, 2.75) is 18.6 Å². The summed E-state index contributed by atoms with van der Waals surface area (Å²) in [4.78, 5) is 16.9. The van der Waals surface area contributed by atoms with Gasteiger partial charge in [0, 0.05) is 32.4 Å². The Morgan fingerprint density at radius 1 is 1.28 bits per heavy atom. The van der Waals surface area contributed by atoms with Gasteiger partial charge in [0.2, 0.25) is 0 Å². The number of hydrogen-bond acceptors (Lipinski definition) is 6. The largest absolute Gasteiger partial charge is 0.377 e. The number of nitrogens with two attached hydrogens (primary N) is 1. The summed E-state index contributed by atoms with van der Waals surface area (Å²) in [6.45, 7) is 2.99. The highest BCUT2D eigenvalue weighted by atomic mass is 16.5. The average molecular weight is 342 g/mol. The molecule has 2 aliphatic rings. The monoisotopic (exact) mass is 342 g/mol. The Bertz CT molecular complexity index is 776. The zero-order valence-electron chi connectivity index (χ0n) is 14.2. The first-order valence-electron chi connectivity index (χ1n) is 8.47. The van der Waals surface area contributed by atoms with E-state index in [1.807, 2.05) is 24.1 Å². The molecule has 8 nitrogen and oxygen atoms in total. The molecule has 0 spiro atoms. The summed E-state index contributed by atoms with van der Waals surface area (Å²) >= 11 is 0. The van der Waals surface area contributed by atoms with Crippen LogP contribution in [-0.2, 0) is 11.3 Å². The summed E-state index contributed by atoms with van der Waals surface area (Å²) in [7, 11) is 2.05. The minimum Gasteiger partial charge on any atom is -0.377 e. The third kappa shape index (κ3) is 2.98. The zero-order chi connectivity index (χ0) is 17.4. The standard InChI is InChI=1S/C17H22N6O2/c1-21-6-7-22(8-12-4-2-3-5-15(12)21)17(24)14-9-23(20-19-14)16-11-25-10-13(16)18/h2-5,9,13,16H,6-8,10-11,18H2,1H3/t13-,16+/m0/s1. The molecule has 0 bridgehead atoms. The number of ether oxygens (including phenoxy) is 1. The van der Waals surface area contributed by atoms with Gasteiger partial charge in [-0.25, -0.2) is 4.68 Å². The van der Waals surface area contributed by atoms with E-state index in [9.17, 15) is 4.79 Å². The van der Waals surface area contributed by atoms with Gasteiger partial charge in [-0.3, -0.25) is 4.79 Å². The van der Waals surface area contributed by atoms with E-state index in [0.717, 1.165) is 17.8 Å². The maximum atomic E-state index is 12.9. The Kier molecular flexibility index (Phi) is 4.14. The van der Waals surface area contributed by atoms with Crippen molar-refractivity contribution in [1.29, 1.82) is 0 Å². The van der Waals surface area contributed by atoms with Crippen LogP contribution in [0.3, 0.4) is 0 Å². The molecule has 0 unspecified atom stereocenters. The van der Waals surface area contributed by atoms with Crippen LogP contribution in [0.15, 0.2) is 30.5 Å². The molecule has 0 saturated carbocycles. The molecule has 2 N–H and O–H groups in total. The zero-order valence-corrected chi connectivity index (χ0v) is 14.2. The van der Waals surface area contributed by atoms with Gasteiger partial charge in [0.25, 0.3) is 5.91 Å². The van der Waals surface area contributed by atoms with Crippen LogP contribution >= 0.6 is 0 Å². The minimum atomic E-state index is -0.122. The second-order valence-electron chi connectivity index (χ2n) is 6.63. The number of carbonyl (C=O) groups is 1. The second kappa shape index (κ2) is 6.45. The van der Waals surface area contributed by atoms with E-state index in [1.165, 1.54) is 0 Å². The SMILES string of the molecule is CN1CCN(C(=O)c2cn([C@@H]3COC[C@@H]3N)nn2)Cc2ccccc21. The lowest BCUT2D eigenvalue weighted by molar-refractivity contribution is 0.0745. The molecule has 8 heteroatoms. The van der Waals surface area contributed by atoms with Crippen molar-refractivity contribution in [3.05, 3.63) is 41.7 Å². The van der Waals surface area contributed by atoms with Crippen molar-refractivity contribution in [1.82, 2.24) is 19.9 Å². The van der Waals surface area contributed by atoms with E-state index in [-0.39, 0.29) is 18.0 Å². The number of para-hydroxylation sites is 1. The molecule has 2 aromatic rings. The lowest BCUT2D eigenvalue weighted by atomic mass is 10.1. The fourth-order valence-electron chi connectivity index (χ4n) is 3.40. The number of fused-ring (bicyclic) bond motifs is 1. The van der Waals surface area contributed by atoms with Crippen LogP contribution in [0.4, 0.5) is 5.69 Å². The molecule has 1 amide bonds. The number of benzene rings is 1. The Balaban J connectivity index is 1.54. The molecular weight excluding hydrogens is 320 g/mol. The van der Waals surface area contributed by atoms with E-state index in [0.29, 0.717) is 32.0 Å². The van der Waals surface area contributed by atoms with Gasteiger partial charge in [-0.2, -0.15) is 0 Å². The van der Waals surface area contributed by atoms with Crippen molar-refractivity contribution < 1.29 is 9.53 Å². The number of amides is 1. The van der Waals surface area contributed by atoms with Crippen LogP contribution in [0.2, 0.25) is 0 Å². The molecule has 0 radical (unpaired) electrons. The molecule has 2 aliphatic heterocycles. The molecule has 1 aromatic carbocycles. The first kappa shape index (κ1) is 16.0. The number of likely N-dealkylation sites (N-methyl/N-ethyl adjacent to an activating group) is 1. The fraction of sp³-hybridized carbons (Fsp3) is 0.471. The van der Waals surface area contributed by atoms with Gasteiger partial charge >= 0.3 is 0 Å². The summed E-state index contributed by atoms with van der Waals surface area (Å²) < 4.78 is 7.02. The molecule has 1 aromatic heterocycles. The summed E-state index contributed by atoms with van der Waals surface area (Å²) in [5.74, 6) is -0.108. The number of nitrogens with zero attached hydrogens (tertiary/aromatic N) is 5. The maximum absolute atomic E-state index is 12.9. The predicted octanol–water partition coefficient (Wildman–Crippen LogP) is 0.269. The van der Waals surface area contributed by atoms with E-state index >= 15 is 0 Å². The smallest absolute Gasteiger partial charge is 0.276 e. The number of rotatable bonds is 2. The quantitative estimate of drug-likeness (QED) is 0.843. The highest BCUT2D eigenvalue weighted by Crippen LogP contribution is 2.24. The average Bonchev–Trinajstić information content (AvgIpc) is 3.23. The molecule has 3 heterocycles. The lowest BCUT2D eigenvalue weighted by Crippen LogP contribution is -2.34. The first-order valence-corrected chi connectivity index (χ1v) is 8.47. The molecular formula is C17H22N6O2. The topological polar surface area (TPSA) is 89.5 Å². The Morgan fingerprint density at radius 2 is 2.12 bits per heavy atom. The molecule has 1 saturated heterocycles. The van der Waals surface area contributed by atoms with Crippen molar-refractivity contribution in [3.8, 4) is 0 Å². The van der Waals surface area contributed by atoms with Crippen LogP contribution in [0.1, 0.15) is 22.1 Å². The molecule has 25 heavy (non-hydrogen) atoms. The van der Waals surface area contributed by atoms with E-state index < -0.39 is 0 Å². The van der Waals surface area contributed by atoms with Crippen LogP contribution in [0, 0.1) is 0 Å². The fourth-order valence-corrected chi connectivity index (χ4v) is 3.40. The van der Waals surface area contributed by atoms with Gasteiger partial charge < -0.3 is 20.3 Å². The Labute approximate surface area is 146 Å². The van der Waals surface area contributed by atoms with Crippen LogP contribution in [0.25, 0.3) is 0 Å².